The second-order valence-corrected chi connectivity index (χ2v) is 6.15. The van der Waals surface area contributed by atoms with Gasteiger partial charge in [-0.3, -0.25) is 9.59 Å². The lowest BCUT2D eigenvalue weighted by Gasteiger charge is -2.15. The fourth-order valence-electron chi connectivity index (χ4n) is 2.91. The van der Waals surface area contributed by atoms with Crippen LogP contribution in [0, 0.1) is 5.82 Å². The van der Waals surface area contributed by atoms with Gasteiger partial charge in [-0.1, -0.05) is 19.1 Å². The summed E-state index contributed by atoms with van der Waals surface area (Å²) >= 11 is 0. The highest BCUT2D eigenvalue weighted by Gasteiger charge is 2.19. The molecule has 0 saturated carbocycles. The van der Waals surface area contributed by atoms with Crippen LogP contribution >= 0.6 is 0 Å². The Kier molecular flexibility index (Phi) is 7.32. The van der Waals surface area contributed by atoms with Gasteiger partial charge in [0.05, 0.1) is 6.42 Å². The van der Waals surface area contributed by atoms with Crippen LogP contribution in [0.5, 0.6) is 0 Å². The monoisotopic (exact) mass is 361 g/mol. The fraction of sp³-hybridized carbons (Fsp3) is 0.421. The average molecular weight is 361 g/mol. The van der Waals surface area contributed by atoms with E-state index in [0.29, 0.717) is 12.1 Å². The predicted octanol–water partition coefficient (Wildman–Crippen LogP) is 2.74. The SMILES string of the molecule is CCc1nccn1CCCNC(=O)CC(CC(=O)O)c1cccc(F)c1. The first-order chi connectivity index (χ1) is 12.5. The van der Waals surface area contributed by atoms with E-state index in [2.05, 4.69) is 10.3 Å². The van der Waals surface area contributed by atoms with Crippen molar-refractivity contribution in [3.63, 3.8) is 0 Å². The molecule has 0 fully saturated rings. The summed E-state index contributed by atoms with van der Waals surface area (Å²) in [6, 6.07) is 5.75. The number of nitrogens with zero attached hydrogens (tertiary/aromatic N) is 2. The number of aliphatic carboxylic acids is 1. The molecule has 7 heteroatoms. The molecule has 26 heavy (non-hydrogen) atoms. The molecule has 1 unspecified atom stereocenters. The van der Waals surface area contributed by atoms with Gasteiger partial charge in [-0.25, -0.2) is 9.37 Å². The van der Waals surface area contributed by atoms with E-state index in [-0.39, 0.29) is 18.7 Å². The van der Waals surface area contributed by atoms with E-state index in [0.717, 1.165) is 25.2 Å². The molecule has 2 N–H and O–H groups in total. The molecule has 1 heterocycles. The van der Waals surface area contributed by atoms with Crippen LogP contribution in [0.4, 0.5) is 4.39 Å². The van der Waals surface area contributed by atoms with Crippen molar-refractivity contribution in [2.24, 2.45) is 0 Å². The molecule has 6 nitrogen and oxygen atoms in total. The smallest absolute Gasteiger partial charge is 0.303 e. The van der Waals surface area contributed by atoms with Crippen LogP contribution in [0.3, 0.4) is 0 Å². The molecule has 0 aliphatic heterocycles. The molecule has 1 amide bonds. The number of aryl methyl sites for hydroxylation is 2. The molecule has 0 aliphatic rings. The second kappa shape index (κ2) is 9.70. The van der Waals surface area contributed by atoms with Crippen LogP contribution in [0.1, 0.15) is 43.5 Å². The lowest BCUT2D eigenvalue weighted by Crippen LogP contribution is -2.27. The zero-order valence-corrected chi connectivity index (χ0v) is 14.8. The van der Waals surface area contributed by atoms with Gasteiger partial charge in [-0.15, -0.1) is 0 Å². The summed E-state index contributed by atoms with van der Waals surface area (Å²) in [7, 11) is 0. The van der Waals surface area contributed by atoms with Gasteiger partial charge in [0.2, 0.25) is 5.91 Å². The fourth-order valence-corrected chi connectivity index (χ4v) is 2.91. The molecule has 0 spiro atoms. The topological polar surface area (TPSA) is 84.2 Å². The van der Waals surface area contributed by atoms with Gasteiger partial charge in [0.25, 0.3) is 0 Å². The zero-order valence-electron chi connectivity index (χ0n) is 14.8. The van der Waals surface area contributed by atoms with Gasteiger partial charge < -0.3 is 15.0 Å². The highest BCUT2D eigenvalue weighted by Crippen LogP contribution is 2.24. The van der Waals surface area contributed by atoms with Crippen LogP contribution in [0.15, 0.2) is 36.7 Å². The van der Waals surface area contributed by atoms with Gasteiger partial charge in [0, 0.05) is 44.2 Å². The van der Waals surface area contributed by atoms with E-state index >= 15 is 0 Å². The second-order valence-electron chi connectivity index (χ2n) is 6.15. The molecule has 1 aromatic carbocycles. The Morgan fingerprint density at radius 1 is 1.35 bits per heavy atom. The predicted molar refractivity (Wildman–Crippen MR) is 95.2 cm³/mol. The summed E-state index contributed by atoms with van der Waals surface area (Å²) in [6.07, 6.45) is 5.07. The van der Waals surface area contributed by atoms with Gasteiger partial charge in [-0.05, 0) is 24.1 Å². The molecule has 0 radical (unpaired) electrons. The molecular formula is C19H24FN3O3. The number of hydrogen-bond acceptors (Lipinski definition) is 3. The first kappa shape index (κ1) is 19.6. The number of carbonyl (C=O) groups is 2. The van der Waals surface area contributed by atoms with Gasteiger partial charge in [-0.2, -0.15) is 0 Å². The van der Waals surface area contributed by atoms with Crippen LogP contribution < -0.4 is 5.32 Å². The van der Waals surface area contributed by atoms with E-state index in [4.69, 9.17) is 5.11 Å². The van der Waals surface area contributed by atoms with Crippen LogP contribution in [0.2, 0.25) is 0 Å². The number of hydrogen-bond donors (Lipinski definition) is 2. The summed E-state index contributed by atoms with van der Waals surface area (Å²) in [5, 5.41) is 11.9. The number of imidazole rings is 1. The van der Waals surface area contributed by atoms with Crippen molar-refractivity contribution >= 4 is 11.9 Å². The van der Waals surface area contributed by atoms with Crippen LogP contribution in [-0.2, 0) is 22.6 Å². The number of aromatic nitrogens is 2. The lowest BCUT2D eigenvalue weighted by atomic mass is 9.92. The zero-order chi connectivity index (χ0) is 18.9. The van der Waals surface area contributed by atoms with Crippen molar-refractivity contribution in [1.82, 2.24) is 14.9 Å². The molecule has 0 bridgehead atoms. The highest BCUT2D eigenvalue weighted by atomic mass is 19.1. The standard InChI is InChI=1S/C19H24FN3O3/c1-2-17-21-8-10-23(17)9-4-7-22-18(24)12-15(13-19(25)26)14-5-3-6-16(20)11-14/h3,5-6,8,10-11,15H,2,4,7,9,12-13H2,1H3,(H,22,24)(H,25,26). The number of rotatable bonds is 10. The van der Waals surface area contributed by atoms with Gasteiger partial charge in [0.1, 0.15) is 11.6 Å². The number of amides is 1. The summed E-state index contributed by atoms with van der Waals surface area (Å²) in [6.45, 7) is 3.28. The number of carboxylic acids is 1. The molecule has 2 aromatic rings. The minimum absolute atomic E-state index is 0.0149. The molecule has 2 rings (SSSR count). The van der Waals surface area contributed by atoms with E-state index < -0.39 is 17.7 Å². The Hall–Kier alpha value is -2.70. The Labute approximate surface area is 152 Å². The van der Waals surface area contributed by atoms with Crippen LogP contribution in [0.25, 0.3) is 0 Å². The summed E-state index contributed by atoms with van der Waals surface area (Å²) < 4.78 is 15.4. The normalized spacial score (nSPS) is 11.9. The number of nitrogens with one attached hydrogen (secondary N) is 1. The molecular weight excluding hydrogens is 337 g/mol. The van der Waals surface area contributed by atoms with Crippen molar-refractivity contribution in [3.05, 3.63) is 53.9 Å². The van der Waals surface area contributed by atoms with Gasteiger partial charge in [0.15, 0.2) is 0 Å². The first-order valence-electron chi connectivity index (χ1n) is 8.73. The summed E-state index contributed by atoms with van der Waals surface area (Å²) in [5.74, 6) is -1.24. The van der Waals surface area contributed by atoms with Crippen LogP contribution in [-0.4, -0.2) is 33.1 Å². The quantitative estimate of drug-likeness (QED) is 0.637. The number of carbonyl (C=O) groups excluding carboxylic acids is 1. The molecule has 0 saturated heterocycles. The van der Waals surface area contributed by atoms with Crippen molar-refractivity contribution in [2.75, 3.05) is 6.54 Å². The maximum Gasteiger partial charge on any atom is 0.303 e. The average Bonchev–Trinajstić information content (AvgIpc) is 3.05. The molecule has 1 aromatic heterocycles. The Bertz CT molecular complexity index is 745. The molecule has 1 atom stereocenters. The van der Waals surface area contributed by atoms with Crippen molar-refractivity contribution in [1.29, 1.82) is 0 Å². The summed E-state index contributed by atoms with van der Waals surface area (Å²) in [4.78, 5) is 27.5. The third-order valence-corrected chi connectivity index (χ3v) is 4.19. The number of benzene rings is 1. The minimum Gasteiger partial charge on any atom is -0.481 e. The van der Waals surface area contributed by atoms with Gasteiger partial charge >= 0.3 is 5.97 Å². The van der Waals surface area contributed by atoms with E-state index in [9.17, 15) is 14.0 Å². The first-order valence-corrected chi connectivity index (χ1v) is 8.73. The third-order valence-electron chi connectivity index (χ3n) is 4.19. The molecule has 0 aliphatic carbocycles. The van der Waals surface area contributed by atoms with Crippen molar-refractivity contribution < 1.29 is 19.1 Å². The minimum atomic E-state index is -1.01. The maximum atomic E-state index is 13.4. The van der Waals surface area contributed by atoms with Crippen molar-refractivity contribution in [2.45, 2.75) is 45.1 Å². The Morgan fingerprint density at radius 2 is 2.15 bits per heavy atom. The number of carboxylic acid groups (broad SMARTS) is 1. The van der Waals surface area contributed by atoms with E-state index in [1.54, 1.807) is 12.3 Å². The Balaban J connectivity index is 1.84. The highest BCUT2D eigenvalue weighted by molar-refractivity contribution is 5.78. The molecule has 140 valence electrons. The summed E-state index contributed by atoms with van der Waals surface area (Å²) in [5.41, 5.74) is 0.522. The largest absolute Gasteiger partial charge is 0.481 e. The van der Waals surface area contributed by atoms with E-state index in [1.165, 1.54) is 18.2 Å². The number of halogens is 1. The lowest BCUT2D eigenvalue weighted by molar-refractivity contribution is -0.137. The van der Waals surface area contributed by atoms with E-state index in [1.807, 2.05) is 17.7 Å². The van der Waals surface area contributed by atoms with Crippen molar-refractivity contribution in [3.8, 4) is 0 Å². The maximum absolute atomic E-state index is 13.4. The Morgan fingerprint density at radius 3 is 2.85 bits per heavy atom. The third kappa shape index (κ3) is 5.98.